The van der Waals surface area contributed by atoms with Crippen LogP contribution in [0.25, 0.3) is 93.2 Å². The first-order valence-corrected chi connectivity index (χ1v) is 17.4. The van der Waals surface area contributed by atoms with Crippen LogP contribution in [0.3, 0.4) is 0 Å². The normalized spacial score (nSPS) is 11.6. The van der Waals surface area contributed by atoms with Crippen molar-refractivity contribution in [2.75, 3.05) is 0 Å². The maximum atomic E-state index is 5.22. The fraction of sp³-hybridized carbons (Fsp3) is 0. The summed E-state index contributed by atoms with van der Waals surface area (Å²) >= 11 is 1.81. The number of fused-ring (bicyclic) bond motifs is 7. The zero-order valence-electron chi connectivity index (χ0n) is 26.7. The van der Waals surface area contributed by atoms with Gasteiger partial charge in [-0.1, -0.05) is 127 Å². The third-order valence-electron chi connectivity index (χ3n) is 9.26. The first-order chi connectivity index (χ1) is 24.8. The molecule has 0 aliphatic rings. The second-order valence-corrected chi connectivity index (χ2v) is 13.3. The van der Waals surface area contributed by atoms with E-state index in [9.17, 15) is 0 Å². The van der Waals surface area contributed by atoms with Gasteiger partial charge in [-0.05, 0) is 36.4 Å². The van der Waals surface area contributed by atoms with Gasteiger partial charge in [0.2, 0.25) is 0 Å². The Morgan fingerprint density at radius 1 is 0.400 bits per heavy atom. The third-order valence-corrected chi connectivity index (χ3v) is 10.4. The Kier molecular flexibility index (Phi) is 6.60. The van der Waals surface area contributed by atoms with E-state index < -0.39 is 0 Å². The molecule has 234 valence electrons. The Labute approximate surface area is 291 Å². The van der Waals surface area contributed by atoms with Gasteiger partial charge in [-0.3, -0.25) is 0 Å². The number of pyridine rings is 1. The maximum absolute atomic E-state index is 5.22. The van der Waals surface area contributed by atoms with E-state index in [0.29, 0.717) is 17.5 Å². The Morgan fingerprint density at radius 3 is 1.52 bits per heavy atom. The summed E-state index contributed by atoms with van der Waals surface area (Å²) in [5.41, 5.74) is 8.21. The Bertz CT molecular complexity index is 2780. The van der Waals surface area contributed by atoms with E-state index in [1.54, 1.807) is 0 Å². The molecule has 4 aromatic heterocycles. The van der Waals surface area contributed by atoms with Crippen molar-refractivity contribution in [2.24, 2.45) is 0 Å². The molecule has 0 aliphatic heterocycles. The van der Waals surface area contributed by atoms with E-state index in [0.717, 1.165) is 39.2 Å². The highest BCUT2D eigenvalue weighted by atomic mass is 32.1. The van der Waals surface area contributed by atoms with Crippen molar-refractivity contribution in [3.05, 3.63) is 164 Å². The Morgan fingerprint density at radius 2 is 0.900 bits per heavy atom. The molecule has 0 saturated carbocycles. The van der Waals surface area contributed by atoms with Crippen molar-refractivity contribution in [3.63, 3.8) is 0 Å². The highest BCUT2D eigenvalue weighted by molar-refractivity contribution is 7.26. The molecular weight excluding hydrogens is 631 g/mol. The first-order valence-electron chi connectivity index (χ1n) is 16.6. The lowest BCUT2D eigenvalue weighted by molar-refractivity contribution is 1.07. The minimum Gasteiger partial charge on any atom is -0.301 e. The van der Waals surface area contributed by atoms with Crippen molar-refractivity contribution < 1.29 is 0 Å². The quantitative estimate of drug-likeness (QED) is 0.185. The van der Waals surface area contributed by atoms with Crippen LogP contribution in [-0.4, -0.2) is 24.5 Å². The Hall–Kier alpha value is -6.50. The fourth-order valence-electron chi connectivity index (χ4n) is 6.94. The van der Waals surface area contributed by atoms with Gasteiger partial charge in [-0.2, -0.15) is 0 Å². The number of benzene rings is 6. The molecule has 0 atom stereocenters. The van der Waals surface area contributed by atoms with Crippen LogP contribution in [0.1, 0.15) is 0 Å². The second kappa shape index (κ2) is 11.6. The minimum absolute atomic E-state index is 0.638. The van der Waals surface area contributed by atoms with Gasteiger partial charge < -0.3 is 4.57 Å². The summed E-state index contributed by atoms with van der Waals surface area (Å²) in [6.45, 7) is 0. The highest BCUT2D eigenvalue weighted by Crippen LogP contribution is 2.47. The summed E-state index contributed by atoms with van der Waals surface area (Å²) < 4.78 is 3.59. The van der Waals surface area contributed by atoms with Gasteiger partial charge in [0.25, 0.3) is 0 Å². The van der Waals surface area contributed by atoms with Crippen LogP contribution in [0.5, 0.6) is 0 Å². The van der Waals surface area contributed by atoms with E-state index in [1.165, 1.54) is 36.6 Å². The molecule has 0 radical (unpaired) electrons. The summed E-state index contributed by atoms with van der Waals surface area (Å²) in [6.07, 6.45) is 0. The van der Waals surface area contributed by atoms with Gasteiger partial charge in [0.15, 0.2) is 17.5 Å². The van der Waals surface area contributed by atoms with Crippen LogP contribution in [-0.2, 0) is 0 Å². The van der Waals surface area contributed by atoms with Crippen molar-refractivity contribution in [3.8, 4) is 51.1 Å². The van der Waals surface area contributed by atoms with Gasteiger partial charge >= 0.3 is 0 Å². The predicted molar refractivity (Wildman–Crippen MR) is 207 cm³/mol. The SMILES string of the molecule is c1ccc(-c2nc(-c3ccccc3)nc(-c3ccc(-n4c5ccccc5c5c6c(sc54)c(-c4ccccc4)nc4ccccc46)cc3)n2)cc1. The van der Waals surface area contributed by atoms with Crippen LogP contribution in [0.15, 0.2) is 164 Å². The molecule has 0 saturated heterocycles. The molecule has 0 aliphatic carbocycles. The fourth-order valence-corrected chi connectivity index (χ4v) is 8.32. The summed E-state index contributed by atoms with van der Waals surface area (Å²) in [5, 5.41) is 4.92. The van der Waals surface area contributed by atoms with Crippen LogP contribution in [0.2, 0.25) is 0 Å². The Balaban J connectivity index is 1.18. The molecule has 10 aromatic rings. The lowest BCUT2D eigenvalue weighted by Gasteiger charge is -2.10. The van der Waals surface area contributed by atoms with Crippen molar-refractivity contribution >= 4 is 53.4 Å². The predicted octanol–water partition coefficient (Wildman–Crippen LogP) is 11.4. The third kappa shape index (κ3) is 4.61. The summed E-state index contributed by atoms with van der Waals surface area (Å²) in [6, 6.07) is 56.5. The summed E-state index contributed by atoms with van der Waals surface area (Å²) in [4.78, 5) is 21.2. The molecule has 10 rings (SSSR count). The van der Waals surface area contributed by atoms with E-state index in [-0.39, 0.29) is 0 Å². The number of para-hydroxylation sites is 2. The smallest absolute Gasteiger partial charge is 0.164 e. The number of hydrogen-bond acceptors (Lipinski definition) is 5. The molecular formula is C44H27N5S. The van der Waals surface area contributed by atoms with Crippen molar-refractivity contribution in [1.82, 2.24) is 24.5 Å². The monoisotopic (exact) mass is 657 g/mol. The molecule has 6 aromatic carbocycles. The van der Waals surface area contributed by atoms with E-state index in [2.05, 4.69) is 108 Å². The molecule has 5 nitrogen and oxygen atoms in total. The zero-order valence-corrected chi connectivity index (χ0v) is 27.5. The van der Waals surface area contributed by atoms with Gasteiger partial charge in [-0.15, -0.1) is 11.3 Å². The van der Waals surface area contributed by atoms with Crippen LogP contribution >= 0.6 is 11.3 Å². The summed E-state index contributed by atoms with van der Waals surface area (Å²) in [5.74, 6) is 1.94. The van der Waals surface area contributed by atoms with Crippen LogP contribution < -0.4 is 0 Å². The van der Waals surface area contributed by atoms with E-state index in [4.69, 9.17) is 19.9 Å². The van der Waals surface area contributed by atoms with Gasteiger partial charge in [0.1, 0.15) is 4.83 Å². The molecule has 4 heterocycles. The lowest BCUT2D eigenvalue weighted by atomic mass is 10.0. The minimum atomic E-state index is 0.638. The lowest BCUT2D eigenvalue weighted by Crippen LogP contribution is -2.00. The van der Waals surface area contributed by atoms with E-state index >= 15 is 0 Å². The summed E-state index contributed by atoms with van der Waals surface area (Å²) in [7, 11) is 0. The second-order valence-electron chi connectivity index (χ2n) is 12.3. The zero-order chi connectivity index (χ0) is 33.0. The number of hydrogen-bond donors (Lipinski definition) is 0. The number of rotatable bonds is 5. The molecule has 0 unspecified atom stereocenters. The molecule has 0 amide bonds. The first kappa shape index (κ1) is 28.5. The van der Waals surface area contributed by atoms with Gasteiger partial charge in [0, 0.05) is 49.5 Å². The maximum Gasteiger partial charge on any atom is 0.164 e. The molecule has 6 heteroatoms. The highest BCUT2D eigenvalue weighted by Gasteiger charge is 2.22. The van der Waals surface area contributed by atoms with Gasteiger partial charge in [-0.25, -0.2) is 19.9 Å². The van der Waals surface area contributed by atoms with Crippen LogP contribution in [0, 0.1) is 0 Å². The number of aromatic nitrogens is 5. The average molecular weight is 658 g/mol. The standard InChI is InChI=1S/C44H27N5S/c1-4-14-28(15-5-1)39-40-37(33-20-10-12-22-35(33)45-39)38-34-21-11-13-23-36(34)49(44(38)50-40)32-26-24-31(25-27-32)43-47-41(29-16-6-2-7-17-29)46-42(48-43)30-18-8-3-9-19-30/h1-27H. The van der Waals surface area contributed by atoms with Crippen molar-refractivity contribution in [2.45, 2.75) is 0 Å². The average Bonchev–Trinajstić information content (AvgIpc) is 3.74. The van der Waals surface area contributed by atoms with Crippen LogP contribution in [0.4, 0.5) is 0 Å². The molecule has 0 N–H and O–H groups in total. The molecule has 0 fully saturated rings. The number of thiophene rings is 1. The molecule has 50 heavy (non-hydrogen) atoms. The topological polar surface area (TPSA) is 56.5 Å². The van der Waals surface area contributed by atoms with E-state index in [1.807, 2.05) is 72.0 Å². The molecule has 0 spiro atoms. The molecule has 0 bridgehead atoms. The van der Waals surface area contributed by atoms with Crippen molar-refractivity contribution in [1.29, 1.82) is 0 Å². The number of nitrogens with zero attached hydrogens (tertiary/aromatic N) is 5. The van der Waals surface area contributed by atoms with Gasteiger partial charge in [0.05, 0.1) is 21.4 Å². The largest absolute Gasteiger partial charge is 0.301 e.